The van der Waals surface area contributed by atoms with Crippen molar-refractivity contribution in [3.63, 3.8) is 0 Å². The summed E-state index contributed by atoms with van der Waals surface area (Å²) in [4.78, 5) is 28.7. The molecular formula is C13H18N6O3S. The van der Waals surface area contributed by atoms with Gasteiger partial charge in [-0.25, -0.2) is 14.5 Å². The second kappa shape index (κ2) is 7.77. The van der Waals surface area contributed by atoms with Gasteiger partial charge in [0.1, 0.15) is 6.33 Å². The molecule has 0 aliphatic heterocycles. The molecule has 0 spiro atoms. The van der Waals surface area contributed by atoms with Crippen molar-refractivity contribution in [3.8, 4) is 0 Å². The van der Waals surface area contributed by atoms with Crippen LogP contribution in [-0.4, -0.2) is 44.2 Å². The van der Waals surface area contributed by atoms with E-state index in [1.54, 1.807) is 0 Å². The lowest BCUT2D eigenvalue weighted by atomic mass is 10.1. The Hall–Kier alpha value is -2.36. The smallest absolute Gasteiger partial charge is 0.357 e. The summed E-state index contributed by atoms with van der Waals surface area (Å²) in [5.41, 5.74) is 0.266. The topological polar surface area (TPSA) is 112 Å². The number of carbonyl (C=O) groups excluding carboxylic acids is 2. The van der Waals surface area contributed by atoms with Crippen molar-refractivity contribution in [2.75, 3.05) is 12.4 Å². The highest BCUT2D eigenvalue weighted by Crippen LogP contribution is 2.26. The Morgan fingerprint density at radius 3 is 2.83 bits per heavy atom. The van der Waals surface area contributed by atoms with Crippen LogP contribution >= 0.6 is 11.3 Å². The molecule has 0 aromatic carbocycles. The molecule has 2 aromatic rings. The molecule has 0 saturated carbocycles. The van der Waals surface area contributed by atoms with E-state index in [-0.39, 0.29) is 18.0 Å². The van der Waals surface area contributed by atoms with Gasteiger partial charge in [-0.3, -0.25) is 4.79 Å². The molecule has 9 nitrogen and oxygen atoms in total. The fourth-order valence-corrected chi connectivity index (χ4v) is 3.03. The Kier molecular flexibility index (Phi) is 5.74. The van der Waals surface area contributed by atoms with Crippen LogP contribution in [0.3, 0.4) is 0 Å². The van der Waals surface area contributed by atoms with Crippen LogP contribution < -0.4 is 5.32 Å². The highest BCUT2D eigenvalue weighted by Gasteiger charge is 2.20. The summed E-state index contributed by atoms with van der Waals surface area (Å²) in [6.07, 6.45) is 2.34. The number of rotatable bonds is 7. The summed E-state index contributed by atoms with van der Waals surface area (Å²) in [5, 5.41) is 13.8. The third-order valence-electron chi connectivity index (χ3n) is 2.88. The number of anilines is 1. The maximum absolute atomic E-state index is 11.9. The zero-order chi connectivity index (χ0) is 16.8. The minimum absolute atomic E-state index is 0.206. The van der Waals surface area contributed by atoms with Gasteiger partial charge in [0.25, 0.3) is 0 Å². The first kappa shape index (κ1) is 17.0. The van der Waals surface area contributed by atoms with E-state index in [0.29, 0.717) is 24.0 Å². The summed E-state index contributed by atoms with van der Waals surface area (Å²) in [6.45, 7) is 4.46. The number of carbonyl (C=O) groups is 2. The molecule has 0 saturated heterocycles. The van der Waals surface area contributed by atoms with Gasteiger partial charge >= 0.3 is 5.97 Å². The third-order valence-corrected chi connectivity index (χ3v) is 3.87. The van der Waals surface area contributed by atoms with Gasteiger partial charge in [-0.2, -0.15) is 0 Å². The van der Waals surface area contributed by atoms with Gasteiger partial charge in [0.15, 0.2) is 10.8 Å². The summed E-state index contributed by atoms with van der Waals surface area (Å²) in [6, 6.07) is 0. The van der Waals surface area contributed by atoms with Gasteiger partial charge in [0.2, 0.25) is 5.91 Å². The fraction of sp³-hybridized carbons (Fsp3) is 0.538. The van der Waals surface area contributed by atoms with Crippen LogP contribution in [0.15, 0.2) is 6.33 Å². The summed E-state index contributed by atoms with van der Waals surface area (Å²) in [7, 11) is 1.31. The molecule has 0 atom stereocenters. The monoisotopic (exact) mass is 338 g/mol. The molecular weight excluding hydrogens is 320 g/mol. The van der Waals surface area contributed by atoms with Crippen LogP contribution in [0.25, 0.3) is 0 Å². The van der Waals surface area contributed by atoms with E-state index in [1.807, 2.05) is 13.8 Å². The molecule has 0 aliphatic rings. The number of nitrogens with one attached hydrogen (secondary N) is 1. The van der Waals surface area contributed by atoms with Gasteiger partial charge in [-0.1, -0.05) is 13.8 Å². The molecule has 0 fully saturated rings. The van der Waals surface area contributed by atoms with Crippen molar-refractivity contribution in [1.29, 1.82) is 0 Å². The number of hydrogen-bond acceptors (Lipinski definition) is 8. The predicted molar refractivity (Wildman–Crippen MR) is 83.1 cm³/mol. The summed E-state index contributed by atoms with van der Waals surface area (Å²) >= 11 is 1.29. The number of thiazole rings is 1. The van der Waals surface area contributed by atoms with Crippen LogP contribution in [0.2, 0.25) is 0 Å². The maximum Gasteiger partial charge on any atom is 0.357 e. The zero-order valence-electron chi connectivity index (χ0n) is 13.1. The first-order chi connectivity index (χ1) is 11.0. The van der Waals surface area contributed by atoms with Crippen molar-refractivity contribution in [3.05, 3.63) is 16.9 Å². The maximum atomic E-state index is 11.9. The second-order valence-electron chi connectivity index (χ2n) is 5.25. The molecule has 124 valence electrons. The molecule has 0 radical (unpaired) electrons. The van der Waals surface area contributed by atoms with E-state index in [9.17, 15) is 9.59 Å². The van der Waals surface area contributed by atoms with Crippen molar-refractivity contribution in [2.45, 2.75) is 33.2 Å². The highest BCUT2D eigenvalue weighted by atomic mass is 32.1. The van der Waals surface area contributed by atoms with Crippen LogP contribution in [0.1, 0.15) is 35.6 Å². The lowest BCUT2D eigenvalue weighted by molar-refractivity contribution is -0.116. The van der Waals surface area contributed by atoms with Gasteiger partial charge in [-0.05, 0) is 22.8 Å². The molecule has 0 unspecified atom stereocenters. The average molecular weight is 338 g/mol. The first-order valence-corrected chi connectivity index (χ1v) is 7.90. The number of nitrogens with zero attached hydrogens (tertiary/aromatic N) is 5. The average Bonchev–Trinajstić information content (AvgIpc) is 3.13. The normalized spacial score (nSPS) is 10.8. The minimum Gasteiger partial charge on any atom is -0.464 e. The van der Waals surface area contributed by atoms with E-state index in [1.165, 1.54) is 29.5 Å². The Bertz CT molecular complexity index is 667. The molecule has 0 bridgehead atoms. The number of esters is 1. The molecule has 2 aromatic heterocycles. The minimum atomic E-state index is -0.494. The molecule has 1 amide bonds. The van der Waals surface area contributed by atoms with E-state index in [4.69, 9.17) is 4.74 Å². The summed E-state index contributed by atoms with van der Waals surface area (Å²) < 4.78 is 6.20. The molecule has 0 aliphatic carbocycles. The number of methoxy groups -OCH3 is 1. The Labute approximate surface area is 137 Å². The SMILES string of the molecule is COC(=O)c1nc(NC(=O)CCn2cnnn2)sc1CC(C)C. The number of tetrazole rings is 1. The van der Waals surface area contributed by atoms with Gasteiger partial charge in [0.05, 0.1) is 13.7 Å². The number of hydrogen-bond donors (Lipinski definition) is 1. The lowest BCUT2D eigenvalue weighted by Crippen LogP contribution is -2.15. The van der Waals surface area contributed by atoms with E-state index >= 15 is 0 Å². The quantitative estimate of drug-likeness (QED) is 0.753. The summed E-state index contributed by atoms with van der Waals surface area (Å²) in [5.74, 6) is -0.352. The number of ether oxygens (including phenoxy) is 1. The largest absolute Gasteiger partial charge is 0.464 e. The number of aromatic nitrogens is 5. The van der Waals surface area contributed by atoms with Crippen LogP contribution in [0.5, 0.6) is 0 Å². The van der Waals surface area contributed by atoms with Gasteiger partial charge < -0.3 is 10.1 Å². The molecule has 1 N–H and O–H groups in total. The molecule has 23 heavy (non-hydrogen) atoms. The van der Waals surface area contributed by atoms with E-state index in [0.717, 1.165) is 4.88 Å². The van der Waals surface area contributed by atoms with Crippen molar-refractivity contribution in [2.24, 2.45) is 5.92 Å². The predicted octanol–water partition coefficient (Wildman–Crippen LogP) is 1.14. The molecule has 2 heterocycles. The Balaban J connectivity index is 2.02. The van der Waals surface area contributed by atoms with Crippen molar-refractivity contribution in [1.82, 2.24) is 25.2 Å². The van der Waals surface area contributed by atoms with Crippen LogP contribution in [-0.2, 0) is 22.5 Å². The molecule has 10 heteroatoms. The van der Waals surface area contributed by atoms with Gasteiger partial charge in [0, 0.05) is 11.3 Å². The molecule has 2 rings (SSSR count). The van der Waals surface area contributed by atoms with Gasteiger partial charge in [-0.15, -0.1) is 16.4 Å². The van der Waals surface area contributed by atoms with E-state index in [2.05, 4.69) is 25.8 Å². The highest BCUT2D eigenvalue weighted by molar-refractivity contribution is 7.16. The fourth-order valence-electron chi connectivity index (χ4n) is 1.85. The number of amides is 1. The Morgan fingerprint density at radius 1 is 1.43 bits per heavy atom. The van der Waals surface area contributed by atoms with Crippen molar-refractivity contribution < 1.29 is 14.3 Å². The van der Waals surface area contributed by atoms with Crippen molar-refractivity contribution >= 4 is 28.3 Å². The number of aryl methyl sites for hydroxylation is 1. The zero-order valence-corrected chi connectivity index (χ0v) is 14.0. The first-order valence-electron chi connectivity index (χ1n) is 7.08. The Morgan fingerprint density at radius 2 is 2.22 bits per heavy atom. The second-order valence-corrected chi connectivity index (χ2v) is 6.34. The third kappa shape index (κ3) is 4.81. The lowest BCUT2D eigenvalue weighted by Gasteiger charge is -2.02. The standard InChI is InChI=1S/C13H18N6O3S/c1-8(2)6-9-11(12(21)22-3)16-13(23-9)15-10(20)4-5-19-7-14-17-18-19/h7-8H,4-6H2,1-3H3,(H,15,16,20). The van der Waals surface area contributed by atoms with Crippen LogP contribution in [0, 0.1) is 5.92 Å². The van der Waals surface area contributed by atoms with Crippen LogP contribution in [0.4, 0.5) is 5.13 Å². The van der Waals surface area contributed by atoms with E-state index < -0.39 is 5.97 Å².